The van der Waals surface area contributed by atoms with Crippen LogP contribution in [0.3, 0.4) is 0 Å². The molecule has 0 saturated carbocycles. The number of hydrogen-bond acceptors (Lipinski definition) is 4. The Morgan fingerprint density at radius 2 is 2.05 bits per heavy atom. The molecule has 2 heterocycles. The molecule has 0 bridgehead atoms. The van der Waals surface area contributed by atoms with Crippen molar-refractivity contribution in [1.82, 2.24) is 5.43 Å². The van der Waals surface area contributed by atoms with Crippen LogP contribution in [0.25, 0.3) is 10.1 Å². The van der Waals surface area contributed by atoms with Gasteiger partial charge in [0.05, 0.1) is 9.83 Å². The number of fused-ring (bicyclic) bond motifs is 1. The number of nitrogens with two attached hydrogens (primary N) is 1. The lowest BCUT2D eigenvalue weighted by Gasteiger charge is -2.13. The third-order valence-corrected chi connectivity index (χ3v) is 5.87. The van der Waals surface area contributed by atoms with Crippen molar-refractivity contribution < 1.29 is 0 Å². The molecule has 3 aromatic rings. The fourth-order valence-corrected chi connectivity index (χ4v) is 4.63. The normalized spacial score (nSPS) is 12.9. The van der Waals surface area contributed by atoms with Gasteiger partial charge in [0.2, 0.25) is 0 Å². The van der Waals surface area contributed by atoms with E-state index in [9.17, 15) is 0 Å². The molecule has 0 amide bonds. The molecule has 0 spiro atoms. The summed E-state index contributed by atoms with van der Waals surface area (Å²) in [5, 5.41) is 3.57. The Bertz CT molecular complexity index is 689. The zero-order valence-corrected chi connectivity index (χ0v) is 13.3. The van der Waals surface area contributed by atoms with Gasteiger partial charge in [0.1, 0.15) is 0 Å². The van der Waals surface area contributed by atoms with Gasteiger partial charge in [0.15, 0.2) is 0 Å². The molecule has 0 aliphatic heterocycles. The summed E-state index contributed by atoms with van der Waals surface area (Å²) in [6, 6.07) is 12.9. The second-order valence-corrected chi connectivity index (χ2v) is 7.73. The molecule has 1 aromatic carbocycles. The monoisotopic (exact) mass is 352 g/mol. The molecule has 0 aliphatic carbocycles. The quantitative estimate of drug-likeness (QED) is 0.536. The predicted molar refractivity (Wildman–Crippen MR) is 87.6 cm³/mol. The number of hydrogen-bond donors (Lipinski definition) is 2. The van der Waals surface area contributed by atoms with Crippen LogP contribution in [0.5, 0.6) is 0 Å². The zero-order chi connectivity index (χ0) is 13.2. The van der Waals surface area contributed by atoms with Crippen molar-refractivity contribution >= 4 is 48.7 Å². The summed E-state index contributed by atoms with van der Waals surface area (Å²) < 4.78 is 2.47. The maximum atomic E-state index is 5.72. The molecule has 3 rings (SSSR count). The van der Waals surface area contributed by atoms with E-state index in [0.717, 1.165) is 10.2 Å². The van der Waals surface area contributed by atoms with Gasteiger partial charge in [-0.1, -0.05) is 18.2 Å². The molecular weight excluding hydrogens is 340 g/mol. The van der Waals surface area contributed by atoms with Gasteiger partial charge in [-0.3, -0.25) is 11.3 Å². The first kappa shape index (κ1) is 13.3. The highest BCUT2D eigenvalue weighted by Crippen LogP contribution is 2.32. The number of halogens is 1. The summed E-state index contributed by atoms with van der Waals surface area (Å²) in [7, 11) is 0. The van der Waals surface area contributed by atoms with Gasteiger partial charge >= 0.3 is 0 Å². The lowest BCUT2D eigenvalue weighted by molar-refractivity contribution is 0.563. The van der Waals surface area contributed by atoms with E-state index in [1.54, 1.807) is 22.7 Å². The first-order valence-electron chi connectivity index (χ1n) is 5.94. The second kappa shape index (κ2) is 5.73. The molecule has 5 heteroatoms. The Morgan fingerprint density at radius 3 is 2.79 bits per heavy atom. The summed E-state index contributed by atoms with van der Waals surface area (Å²) in [6.45, 7) is 0. The van der Waals surface area contributed by atoms with Gasteiger partial charge < -0.3 is 0 Å². The first-order valence-corrected chi connectivity index (χ1v) is 8.43. The molecular formula is C14H13BrN2S2. The molecule has 0 radical (unpaired) electrons. The van der Waals surface area contributed by atoms with E-state index in [2.05, 4.69) is 63.1 Å². The molecule has 0 aliphatic rings. The van der Waals surface area contributed by atoms with Crippen molar-refractivity contribution in [2.24, 2.45) is 5.84 Å². The Hall–Kier alpha value is -0.720. The van der Waals surface area contributed by atoms with Crippen LogP contribution in [0.4, 0.5) is 0 Å². The lowest BCUT2D eigenvalue weighted by atomic mass is 10.0. The van der Waals surface area contributed by atoms with E-state index in [-0.39, 0.29) is 6.04 Å². The van der Waals surface area contributed by atoms with Gasteiger partial charge in [-0.25, -0.2) is 0 Å². The topological polar surface area (TPSA) is 38.0 Å². The summed E-state index contributed by atoms with van der Waals surface area (Å²) in [4.78, 5) is 1.25. The molecule has 2 nitrogen and oxygen atoms in total. The highest BCUT2D eigenvalue weighted by molar-refractivity contribution is 9.11. The minimum Gasteiger partial charge on any atom is -0.271 e. The Morgan fingerprint density at radius 1 is 1.21 bits per heavy atom. The molecule has 0 saturated heterocycles. The highest BCUT2D eigenvalue weighted by Gasteiger charge is 2.15. The fourth-order valence-electron chi connectivity index (χ4n) is 2.17. The van der Waals surface area contributed by atoms with Crippen molar-refractivity contribution in [1.29, 1.82) is 0 Å². The van der Waals surface area contributed by atoms with E-state index in [4.69, 9.17) is 5.84 Å². The molecule has 98 valence electrons. The first-order chi connectivity index (χ1) is 9.28. The van der Waals surface area contributed by atoms with E-state index in [1.165, 1.54) is 20.5 Å². The van der Waals surface area contributed by atoms with E-state index < -0.39 is 0 Å². The minimum absolute atomic E-state index is 0.161. The highest BCUT2D eigenvalue weighted by atomic mass is 79.9. The van der Waals surface area contributed by atoms with Crippen LogP contribution >= 0.6 is 38.6 Å². The van der Waals surface area contributed by atoms with E-state index in [1.807, 2.05) is 0 Å². The fraction of sp³-hybridized carbons (Fsp3) is 0.143. The van der Waals surface area contributed by atoms with Crippen molar-refractivity contribution in [2.75, 3.05) is 0 Å². The zero-order valence-electron chi connectivity index (χ0n) is 10.1. The average molecular weight is 353 g/mol. The van der Waals surface area contributed by atoms with Crippen LogP contribution in [0.1, 0.15) is 16.5 Å². The van der Waals surface area contributed by atoms with Crippen LogP contribution in [-0.2, 0) is 6.42 Å². The molecule has 19 heavy (non-hydrogen) atoms. The number of nitrogens with one attached hydrogen (secondary N) is 1. The van der Waals surface area contributed by atoms with Crippen LogP contribution in [0.2, 0.25) is 0 Å². The van der Waals surface area contributed by atoms with Gasteiger partial charge in [0, 0.05) is 9.58 Å². The summed E-state index contributed by atoms with van der Waals surface area (Å²) >= 11 is 7.02. The van der Waals surface area contributed by atoms with Crippen LogP contribution in [0.15, 0.2) is 45.6 Å². The minimum atomic E-state index is 0.161. The van der Waals surface area contributed by atoms with E-state index in [0.29, 0.717) is 0 Å². The Labute approximate surface area is 128 Å². The summed E-state index contributed by atoms with van der Waals surface area (Å²) in [5.74, 6) is 5.72. The van der Waals surface area contributed by atoms with Crippen molar-refractivity contribution in [3.63, 3.8) is 0 Å². The second-order valence-electron chi connectivity index (χ2n) is 4.32. The smallest absolute Gasteiger partial charge is 0.0702 e. The average Bonchev–Trinajstić information content (AvgIpc) is 3.03. The number of rotatable bonds is 4. The van der Waals surface area contributed by atoms with Crippen LogP contribution in [0, 0.1) is 0 Å². The maximum Gasteiger partial charge on any atom is 0.0702 e. The molecule has 1 atom stereocenters. The lowest BCUT2D eigenvalue weighted by Crippen LogP contribution is -2.28. The molecule has 3 N–H and O–H groups in total. The Balaban J connectivity index is 1.90. The largest absolute Gasteiger partial charge is 0.271 e. The maximum absolute atomic E-state index is 5.72. The summed E-state index contributed by atoms with van der Waals surface area (Å²) in [5.41, 5.74) is 4.28. The van der Waals surface area contributed by atoms with Crippen molar-refractivity contribution in [3.8, 4) is 0 Å². The van der Waals surface area contributed by atoms with Gasteiger partial charge in [-0.2, -0.15) is 0 Å². The van der Waals surface area contributed by atoms with Gasteiger partial charge in [0.25, 0.3) is 0 Å². The third-order valence-electron chi connectivity index (χ3n) is 3.12. The third kappa shape index (κ3) is 2.75. The van der Waals surface area contributed by atoms with Gasteiger partial charge in [-0.05, 0) is 56.9 Å². The standard InChI is InChI=1S/C14H13BrN2S2/c15-14-6-5-13(19-14)11(17-16)7-9-8-18-12-4-2-1-3-10(9)12/h1-6,8,11,17H,7,16H2. The molecule has 2 aromatic heterocycles. The molecule has 1 unspecified atom stereocenters. The Kier molecular flexibility index (Phi) is 4.00. The van der Waals surface area contributed by atoms with Crippen molar-refractivity contribution in [2.45, 2.75) is 12.5 Å². The van der Waals surface area contributed by atoms with E-state index >= 15 is 0 Å². The number of hydrazine groups is 1. The van der Waals surface area contributed by atoms with Crippen LogP contribution < -0.4 is 11.3 Å². The number of benzene rings is 1. The molecule has 0 fully saturated rings. The SMILES string of the molecule is NNC(Cc1csc2ccccc12)c1ccc(Br)s1. The van der Waals surface area contributed by atoms with Crippen LogP contribution in [-0.4, -0.2) is 0 Å². The number of thiophene rings is 2. The van der Waals surface area contributed by atoms with Gasteiger partial charge in [-0.15, -0.1) is 22.7 Å². The predicted octanol–water partition coefficient (Wildman–Crippen LogP) is 4.47. The summed E-state index contributed by atoms with van der Waals surface area (Å²) in [6.07, 6.45) is 0.910. The van der Waals surface area contributed by atoms with Crippen molar-refractivity contribution in [3.05, 3.63) is 56.0 Å².